The maximum absolute atomic E-state index is 13.1. The number of hydrogen-bond donors (Lipinski definition) is 0. The zero-order chi connectivity index (χ0) is 22.2. The second kappa shape index (κ2) is 8.41. The van der Waals surface area contributed by atoms with E-state index in [0.717, 1.165) is 60.7 Å². The van der Waals surface area contributed by atoms with Gasteiger partial charge in [0, 0.05) is 38.3 Å². The second-order valence-corrected chi connectivity index (χ2v) is 8.94. The first-order chi connectivity index (χ1) is 15.5. The van der Waals surface area contributed by atoms with Crippen LogP contribution >= 0.6 is 0 Å². The maximum atomic E-state index is 13.1. The summed E-state index contributed by atoms with van der Waals surface area (Å²) in [5.74, 6) is 1.07. The lowest BCUT2D eigenvalue weighted by Gasteiger charge is -2.32. The number of amides is 1. The Labute approximate surface area is 186 Å². The molecule has 0 N–H and O–H groups in total. The summed E-state index contributed by atoms with van der Waals surface area (Å²) in [5.41, 5.74) is 3.61. The number of aryl methyl sites for hydroxylation is 3. The van der Waals surface area contributed by atoms with Gasteiger partial charge in [-0.2, -0.15) is 10.2 Å². The lowest BCUT2D eigenvalue weighted by Crippen LogP contribution is -2.40. The van der Waals surface area contributed by atoms with Gasteiger partial charge in [-0.1, -0.05) is 0 Å². The molecule has 8 nitrogen and oxygen atoms in total. The molecular weight excluding hydrogens is 406 g/mol. The van der Waals surface area contributed by atoms with Crippen molar-refractivity contribution in [3.8, 4) is 5.88 Å². The normalized spacial score (nSPS) is 16.9. The number of hydrogen-bond acceptors (Lipinski definition) is 5. The number of ether oxygens (including phenoxy) is 1. The first kappa shape index (κ1) is 20.7. The minimum atomic E-state index is 0.00301. The van der Waals surface area contributed by atoms with E-state index < -0.39 is 0 Å². The Kier molecular flexibility index (Phi) is 5.45. The molecule has 1 aliphatic heterocycles. The van der Waals surface area contributed by atoms with Crippen LogP contribution in [-0.2, 0) is 26.4 Å². The van der Waals surface area contributed by atoms with Gasteiger partial charge in [0.1, 0.15) is 0 Å². The molecule has 3 heterocycles. The lowest BCUT2D eigenvalue weighted by atomic mass is 9.95. The zero-order valence-corrected chi connectivity index (χ0v) is 18.7. The van der Waals surface area contributed by atoms with Crippen molar-refractivity contribution in [3.05, 3.63) is 51.4 Å². The standard InChI is InChI=1S/C24H29N5O3/c1-27-24(32-2)19-8-7-18(13-21(19)25-27)23(31)28-11-9-16(10-12-28)15-29-22(30)14-17-5-3-4-6-20(17)26-29/h7-8,13-14,16H,3-6,9-12,15H2,1-2H3. The highest BCUT2D eigenvalue weighted by molar-refractivity contribution is 5.98. The van der Waals surface area contributed by atoms with E-state index in [1.807, 2.05) is 30.1 Å². The third kappa shape index (κ3) is 3.78. The monoisotopic (exact) mass is 435 g/mol. The molecule has 0 saturated carbocycles. The van der Waals surface area contributed by atoms with Crippen LogP contribution in [0.2, 0.25) is 0 Å². The van der Waals surface area contributed by atoms with Gasteiger partial charge in [0.25, 0.3) is 11.5 Å². The summed E-state index contributed by atoms with van der Waals surface area (Å²) >= 11 is 0. The molecular formula is C24H29N5O3. The van der Waals surface area contributed by atoms with Crippen LogP contribution in [0.25, 0.3) is 10.9 Å². The van der Waals surface area contributed by atoms with Crippen molar-refractivity contribution >= 4 is 16.8 Å². The summed E-state index contributed by atoms with van der Waals surface area (Å²) in [4.78, 5) is 27.5. The summed E-state index contributed by atoms with van der Waals surface area (Å²) in [7, 11) is 3.45. The van der Waals surface area contributed by atoms with Crippen LogP contribution in [0, 0.1) is 5.92 Å². The van der Waals surface area contributed by atoms with Gasteiger partial charge >= 0.3 is 0 Å². The van der Waals surface area contributed by atoms with E-state index in [0.29, 0.717) is 37.0 Å². The van der Waals surface area contributed by atoms with E-state index in [1.165, 1.54) is 0 Å². The molecule has 168 valence electrons. The van der Waals surface area contributed by atoms with Crippen LogP contribution in [0.15, 0.2) is 29.1 Å². The van der Waals surface area contributed by atoms with Crippen LogP contribution in [0.1, 0.15) is 47.3 Å². The molecule has 0 unspecified atom stereocenters. The fraction of sp³-hybridized carbons (Fsp3) is 0.500. The molecule has 2 aromatic heterocycles. The predicted octanol–water partition coefficient (Wildman–Crippen LogP) is 2.57. The molecule has 0 atom stereocenters. The van der Waals surface area contributed by atoms with Gasteiger partial charge in [-0.25, -0.2) is 9.36 Å². The summed E-state index contributed by atoms with van der Waals surface area (Å²) in [6.45, 7) is 2.01. The number of piperidine rings is 1. The largest absolute Gasteiger partial charge is 0.481 e. The number of carbonyl (C=O) groups is 1. The van der Waals surface area contributed by atoms with Crippen molar-refractivity contribution < 1.29 is 9.53 Å². The average molecular weight is 436 g/mol. The first-order valence-corrected chi connectivity index (χ1v) is 11.4. The molecule has 1 aromatic carbocycles. The molecule has 1 aliphatic carbocycles. The molecule has 32 heavy (non-hydrogen) atoms. The summed E-state index contributed by atoms with van der Waals surface area (Å²) in [5, 5.41) is 10.0. The summed E-state index contributed by atoms with van der Waals surface area (Å²) in [6.07, 6.45) is 5.97. The quantitative estimate of drug-likeness (QED) is 0.629. The third-order valence-electron chi connectivity index (χ3n) is 6.83. The topological polar surface area (TPSA) is 82.2 Å². The number of methoxy groups -OCH3 is 1. The fourth-order valence-electron chi connectivity index (χ4n) is 5.03. The van der Waals surface area contributed by atoms with E-state index >= 15 is 0 Å². The van der Waals surface area contributed by atoms with E-state index in [1.54, 1.807) is 22.5 Å². The van der Waals surface area contributed by atoms with Crippen LogP contribution in [0.4, 0.5) is 0 Å². The van der Waals surface area contributed by atoms with Crippen LogP contribution < -0.4 is 10.3 Å². The molecule has 1 saturated heterocycles. The van der Waals surface area contributed by atoms with E-state index in [2.05, 4.69) is 10.2 Å². The van der Waals surface area contributed by atoms with Crippen molar-refractivity contribution in [2.24, 2.45) is 13.0 Å². The maximum Gasteiger partial charge on any atom is 0.267 e. The third-order valence-corrected chi connectivity index (χ3v) is 6.83. The van der Waals surface area contributed by atoms with Crippen LogP contribution in [-0.4, -0.2) is 50.6 Å². The molecule has 2 aliphatic rings. The highest BCUT2D eigenvalue weighted by Gasteiger charge is 2.25. The Bertz CT molecular complexity index is 1220. The highest BCUT2D eigenvalue weighted by atomic mass is 16.5. The van der Waals surface area contributed by atoms with Gasteiger partial charge in [-0.05, 0) is 68.2 Å². The SMILES string of the molecule is COc1c2ccc(C(=O)N3CCC(Cn4nc5c(cc4=O)CCCC5)CC3)cc2nn1C. The van der Waals surface area contributed by atoms with Crippen molar-refractivity contribution in [2.45, 2.75) is 45.1 Å². The van der Waals surface area contributed by atoms with Crippen LogP contribution in [0.3, 0.4) is 0 Å². The van der Waals surface area contributed by atoms with Gasteiger partial charge in [-0.15, -0.1) is 0 Å². The molecule has 5 rings (SSSR count). The van der Waals surface area contributed by atoms with Crippen molar-refractivity contribution in [2.75, 3.05) is 20.2 Å². The van der Waals surface area contributed by atoms with Gasteiger partial charge in [-0.3, -0.25) is 9.59 Å². The van der Waals surface area contributed by atoms with Gasteiger partial charge in [0.05, 0.1) is 23.7 Å². The van der Waals surface area contributed by atoms with E-state index in [9.17, 15) is 9.59 Å². The Morgan fingerprint density at radius 3 is 2.69 bits per heavy atom. The zero-order valence-electron chi connectivity index (χ0n) is 18.7. The van der Waals surface area contributed by atoms with E-state index in [4.69, 9.17) is 4.74 Å². The van der Waals surface area contributed by atoms with Gasteiger partial charge in [0.2, 0.25) is 5.88 Å². The highest BCUT2D eigenvalue weighted by Crippen LogP contribution is 2.27. The Morgan fingerprint density at radius 2 is 1.91 bits per heavy atom. The minimum Gasteiger partial charge on any atom is -0.481 e. The second-order valence-electron chi connectivity index (χ2n) is 8.94. The fourth-order valence-corrected chi connectivity index (χ4v) is 5.03. The van der Waals surface area contributed by atoms with E-state index in [-0.39, 0.29) is 11.5 Å². The van der Waals surface area contributed by atoms with Crippen LogP contribution in [0.5, 0.6) is 5.88 Å². The molecule has 3 aromatic rings. The number of likely N-dealkylation sites (tertiary alicyclic amines) is 1. The summed E-state index contributed by atoms with van der Waals surface area (Å²) < 4.78 is 8.72. The summed E-state index contributed by atoms with van der Waals surface area (Å²) in [6, 6.07) is 7.36. The Hall–Kier alpha value is -3.16. The predicted molar refractivity (Wildman–Crippen MR) is 121 cm³/mol. The molecule has 1 fully saturated rings. The number of fused-ring (bicyclic) bond motifs is 2. The number of benzene rings is 1. The molecule has 8 heteroatoms. The van der Waals surface area contributed by atoms with Crippen molar-refractivity contribution in [1.29, 1.82) is 0 Å². The number of rotatable bonds is 4. The molecule has 1 amide bonds. The number of aromatic nitrogens is 4. The lowest BCUT2D eigenvalue weighted by molar-refractivity contribution is 0.0680. The molecule has 0 bridgehead atoms. The van der Waals surface area contributed by atoms with Crippen molar-refractivity contribution in [1.82, 2.24) is 24.5 Å². The minimum absolute atomic E-state index is 0.00301. The first-order valence-electron chi connectivity index (χ1n) is 11.4. The average Bonchev–Trinajstić information content (AvgIpc) is 3.13. The van der Waals surface area contributed by atoms with Gasteiger partial charge < -0.3 is 9.64 Å². The number of nitrogens with zero attached hydrogens (tertiary/aromatic N) is 5. The molecule has 0 spiro atoms. The molecule has 0 radical (unpaired) electrons. The Morgan fingerprint density at radius 1 is 1.12 bits per heavy atom. The Balaban J connectivity index is 1.24. The number of carbonyl (C=O) groups excluding carboxylic acids is 1. The van der Waals surface area contributed by atoms with Crippen molar-refractivity contribution in [3.63, 3.8) is 0 Å². The smallest absolute Gasteiger partial charge is 0.267 e. The van der Waals surface area contributed by atoms with Gasteiger partial charge in [0.15, 0.2) is 0 Å².